The number of nitrogens with zero attached hydrogens (tertiary/aromatic N) is 2. The Labute approximate surface area is 122 Å². The number of imidazole rings is 1. The molecule has 0 saturated carbocycles. The second kappa shape index (κ2) is 6.88. The van der Waals surface area contributed by atoms with E-state index in [2.05, 4.69) is 9.97 Å². The van der Waals surface area contributed by atoms with Crippen molar-refractivity contribution in [2.75, 3.05) is 13.6 Å². The Morgan fingerprint density at radius 2 is 2.05 bits per heavy atom. The molecular weight excluding hydrogens is 270 g/mol. The van der Waals surface area contributed by atoms with Gasteiger partial charge < -0.3 is 15.0 Å². The van der Waals surface area contributed by atoms with Crippen LogP contribution in [0.5, 0.6) is 0 Å². The van der Waals surface area contributed by atoms with Gasteiger partial charge in [0.2, 0.25) is 5.91 Å². The van der Waals surface area contributed by atoms with Gasteiger partial charge in [-0.05, 0) is 18.6 Å². The number of hydrogen-bond acceptors (Lipinski definition) is 3. The van der Waals surface area contributed by atoms with Crippen LogP contribution in [-0.2, 0) is 16.0 Å². The van der Waals surface area contributed by atoms with Crippen molar-refractivity contribution in [1.29, 1.82) is 0 Å². The molecule has 112 valence electrons. The molecular formula is C15H19N3O3. The summed E-state index contributed by atoms with van der Waals surface area (Å²) in [5.41, 5.74) is 1.87. The summed E-state index contributed by atoms with van der Waals surface area (Å²) in [7, 11) is 1.70. The third kappa shape index (κ3) is 4.30. The van der Waals surface area contributed by atoms with Gasteiger partial charge in [0.1, 0.15) is 5.82 Å². The summed E-state index contributed by atoms with van der Waals surface area (Å²) in [6.07, 6.45) is 1.48. The molecule has 0 aliphatic rings. The summed E-state index contributed by atoms with van der Waals surface area (Å²) < 4.78 is 0. The highest BCUT2D eigenvalue weighted by Crippen LogP contribution is 2.11. The maximum absolute atomic E-state index is 11.9. The van der Waals surface area contributed by atoms with Crippen molar-refractivity contribution < 1.29 is 14.7 Å². The van der Waals surface area contributed by atoms with Crippen LogP contribution in [0.15, 0.2) is 24.3 Å². The molecule has 21 heavy (non-hydrogen) atoms. The fourth-order valence-corrected chi connectivity index (χ4v) is 2.13. The molecule has 6 heteroatoms. The second-order valence-electron chi connectivity index (χ2n) is 5.01. The highest BCUT2D eigenvalue weighted by atomic mass is 16.4. The van der Waals surface area contributed by atoms with Crippen LogP contribution >= 0.6 is 0 Å². The van der Waals surface area contributed by atoms with Crippen LogP contribution in [0.1, 0.15) is 25.1 Å². The zero-order valence-corrected chi connectivity index (χ0v) is 12.0. The van der Waals surface area contributed by atoms with Gasteiger partial charge in [-0.1, -0.05) is 12.1 Å². The Morgan fingerprint density at radius 1 is 1.29 bits per heavy atom. The van der Waals surface area contributed by atoms with E-state index in [9.17, 15) is 9.59 Å². The first-order valence-electron chi connectivity index (χ1n) is 6.95. The summed E-state index contributed by atoms with van der Waals surface area (Å²) in [6.45, 7) is 0.464. The molecule has 0 fully saturated rings. The molecule has 0 unspecified atom stereocenters. The molecule has 0 aliphatic carbocycles. The highest BCUT2D eigenvalue weighted by molar-refractivity contribution is 5.77. The number of rotatable bonds is 7. The normalized spacial score (nSPS) is 10.7. The topological polar surface area (TPSA) is 86.3 Å². The van der Waals surface area contributed by atoms with Gasteiger partial charge in [-0.15, -0.1) is 0 Å². The maximum Gasteiger partial charge on any atom is 0.303 e. The van der Waals surface area contributed by atoms with E-state index < -0.39 is 5.97 Å². The minimum absolute atomic E-state index is 0.000782. The van der Waals surface area contributed by atoms with Crippen molar-refractivity contribution in [1.82, 2.24) is 14.9 Å². The lowest BCUT2D eigenvalue weighted by Gasteiger charge is -2.16. The van der Waals surface area contributed by atoms with Crippen molar-refractivity contribution in [2.24, 2.45) is 0 Å². The van der Waals surface area contributed by atoms with Gasteiger partial charge in [0, 0.05) is 32.9 Å². The minimum Gasteiger partial charge on any atom is -0.481 e. The molecule has 0 aliphatic heterocycles. The number of carboxylic acids is 1. The zero-order chi connectivity index (χ0) is 15.2. The fourth-order valence-electron chi connectivity index (χ4n) is 2.13. The van der Waals surface area contributed by atoms with E-state index in [1.165, 1.54) is 0 Å². The Balaban J connectivity index is 1.81. The maximum atomic E-state index is 11.9. The zero-order valence-electron chi connectivity index (χ0n) is 12.0. The van der Waals surface area contributed by atoms with Gasteiger partial charge in [-0.25, -0.2) is 4.98 Å². The van der Waals surface area contributed by atoms with Crippen molar-refractivity contribution in [3.8, 4) is 0 Å². The molecule has 1 aromatic carbocycles. The van der Waals surface area contributed by atoms with E-state index >= 15 is 0 Å². The number of H-pyrrole nitrogens is 1. The van der Waals surface area contributed by atoms with E-state index in [0.717, 1.165) is 16.9 Å². The lowest BCUT2D eigenvalue weighted by atomic mass is 10.2. The molecule has 1 aromatic heterocycles. The lowest BCUT2D eigenvalue weighted by molar-refractivity contribution is -0.138. The minimum atomic E-state index is -0.835. The second-order valence-corrected chi connectivity index (χ2v) is 5.01. The van der Waals surface area contributed by atoms with Gasteiger partial charge in [-0.3, -0.25) is 9.59 Å². The molecule has 2 aromatic rings. The number of aryl methyl sites for hydroxylation is 1. The van der Waals surface area contributed by atoms with Crippen LogP contribution in [0.2, 0.25) is 0 Å². The van der Waals surface area contributed by atoms with Crippen LogP contribution in [-0.4, -0.2) is 45.4 Å². The lowest BCUT2D eigenvalue weighted by Crippen LogP contribution is -2.28. The SMILES string of the molecule is CN(CCCC(=O)O)C(=O)CCc1nc2ccccc2[nH]1. The highest BCUT2D eigenvalue weighted by Gasteiger charge is 2.11. The summed E-state index contributed by atoms with van der Waals surface area (Å²) >= 11 is 0. The molecule has 0 atom stereocenters. The number of carbonyl (C=O) groups excluding carboxylic acids is 1. The van der Waals surface area contributed by atoms with Crippen LogP contribution in [0, 0.1) is 0 Å². The molecule has 2 rings (SSSR count). The Bertz CT molecular complexity index is 603. The van der Waals surface area contributed by atoms with Crippen LogP contribution in [0.3, 0.4) is 0 Å². The van der Waals surface area contributed by atoms with Gasteiger partial charge in [0.25, 0.3) is 0 Å². The van der Waals surface area contributed by atoms with E-state index in [0.29, 0.717) is 25.8 Å². The van der Waals surface area contributed by atoms with Crippen LogP contribution in [0.4, 0.5) is 0 Å². The summed E-state index contributed by atoms with van der Waals surface area (Å²) in [5, 5.41) is 8.57. The number of carbonyl (C=O) groups is 2. The van der Waals surface area contributed by atoms with Gasteiger partial charge >= 0.3 is 5.97 Å². The van der Waals surface area contributed by atoms with Crippen LogP contribution < -0.4 is 0 Å². The van der Waals surface area contributed by atoms with Crippen molar-refractivity contribution >= 4 is 22.9 Å². The summed E-state index contributed by atoms with van der Waals surface area (Å²) in [4.78, 5) is 31.6. The predicted octanol–water partition coefficient (Wildman–Crippen LogP) is 1.82. The predicted molar refractivity (Wildman–Crippen MR) is 78.9 cm³/mol. The number of aromatic amines is 1. The average Bonchev–Trinajstić information content (AvgIpc) is 2.87. The number of fused-ring (bicyclic) bond motifs is 1. The van der Waals surface area contributed by atoms with E-state index in [4.69, 9.17) is 5.11 Å². The standard InChI is InChI=1S/C15H19N3O3/c1-18(10-4-7-15(20)21)14(19)9-8-13-16-11-5-2-3-6-12(11)17-13/h2-3,5-6H,4,7-10H2,1H3,(H,16,17)(H,20,21). The molecule has 0 radical (unpaired) electrons. The van der Waals surface area contributed by atoms with Crippen molar-refractivity contribution in [2.45, 2.75) is 25.7 Å². The Morgan fingerprint density at radius 3 is 2.76 bits per heavy atom. The number of amides is 1. The van der Waals surface area contributed by atoms with Gasteiger partial charge in [-0.2, -0.15) is 0 Å². The van der Waals surface area contributed by atoms with E-state index in [1.54, 1.807) is 11.9 Å². The molecule has 6 nitrogen and oxygen atoms in total. The Hall–Kier alpha value is -2.37. The number of aliphatic carboxylic acids is 1. The number of carboxylic acid groups (broad SMARTS) is 1. The number of benzene rings is 1. The molecule has 0 spiro atoms. The Kier molecular flexibility index (Phi) is 4.92. The first-order chi connectivity index (χ1) is 10.1. The smallest absolute Gasteiger partial charge is 0.303 e. The molecule has 2 N–H and O–H groups in total. The van der Waals surface area contributed by atoms with Gasteiger partial charge in [0.05, 0.1) is 11.0 Å². The third-order valence-electron chi connectivity index (χ3n) is 3.32. The molecule has 0 saturated heterocycles. The third-order valence-corrected chi connectivity index (χ3v) is 3.32. The van der Waals surface area contributed by atoms with E-state index in [-0.39, 0.29) is 12.3 Å². The first-order valence-corrected chi connectivity index (χ1v) is 6.95. The average molecular weight is 289 g/mol. The number of hydrogen-bond donors (Lipinski definition) is 2. The monoisotopic (exact) mass is 289 g/mol. The van der Waals surface area contributed by atoms with Gasteiger partial charge in [0.15, 0.2) is 0 Å². The van der Waals surface area contributed by atoms with E-state index in [1.807, 2.05) is 24.3 Å². The molecule has 1 amide bonds. The summed E-state index contributed by atoms with van der Waals surface area (Å²) in [5.74, 6) is -0.0394. The largest absolute Gasteiger partial charge is 0.481 e. The number of nitrogens with one attached hydrogen (secondary N) is 1. The number of para-hydroxylation sites is 2. The summed E-state index contributed by atoms with van der Waals surface area (Å²) in [6, 6.07) is 7.74. The first kappa shape index (κ1) is 15.0. The quantitative estimate of drug-likeness (QED) is 0.814. The van der Waals surface area contributed by atoms with Crippen molar-refractivity contribution in [3.05, 3.63) is 30.1 Å². The number of aromatic nitrogens is 2. The fraction of sp³-hybridized carbons (Fsp3) is 0.400. The van der Waals surface area contributed by atoms with Crippen LogP contribution in [0.25, 0.3) is 11.0 Å². The molecule has 0 bridgehead atoms. The molecule has 1 heterocycles. The van der Waals surface area contributed by atoms with Crippen molar-refractivity contribution in [3.63, 3.8) is 0 Å².